The molecular formula is C21H22ClN3O5S2. The van der Waals surface area contributed by atoms with Crippen LogP contribution in [0.4, 0.5) is 0 Å². The van der Waals surface area contributed by atoms with Gasteiger partial charge in [0.15, 0.2) is 0 Å². The maximum absolute atomic E-state index is 13.7. The summed E-state index contributed by atoms with van der Waals surface area (Å²) in [4.78, 5) is 15.9. The molecule has 4 rings (SSSR count). The molecule has 170 valence electrons. The summed E-state index contributed by atoms with van der Waals surface area (Å²) < 4.78 is 51.7. The van der Waals surface area contributed by atoms with Crippen molar-refractivity contribution in [2.24, 2.45) is 0 Å². The fourth-order valence-electron chi connectivity index (χ4n) is 3.84. The van der Waals surface area contributed by atoms with Gasteiger partial charge in [0, 0.05) is 29.0 Å². The number of sulfone groups is 1. The molecule has 1 amide bonds. The van der Waals surface area contributed by atoms with Crippen molar-refractivity contribution < 1.29 is 21.6 Å². The molecule has 1 aliphatic rings. The molecule has 1 fully saturated rings. The van der Waals surface area contributed by atoms with Crippen molar-refractivity contribution in [1.29, 1.82) is 0 Å². The highest BCUT2D eigenvalue weighted by Crippen LogP contribution is 2.34. The van der Waals surface area contributed by atoms with Crippen molar-refractivity contribution in [3.8, 4) is 0 Å². The molecule has 32 heavy (non-hydrogen) atoms. The van der Waals surface area contributed by atoms with Crippen molar-refractivity contribution in [1.82, 2.24) is 14.6 Å². The Kier molecular flexibility index (Phi) is 5.61. The lowest BCUT2D eigenvalue weighted by Gasteiger charge is -2.37. The van der Waals surface area contributed by atoms with Gasteiger partial charge >= 0.3 is 0 Å². The Morgan fingerprint density at radius 3 is 2.28 bits per heavy atom. The number of halogens is 1. The number of aromatic nitrogens is 1. The van der Waals surface area contributed by atoms with Gasteiger partial charge in [-0.2, -0.15) is 4.31 Å². The van der Waals surface area contributed by atoms with Gasteiger partial charge in [-0.15, -0.1) is 0 Å². The Hall–Kier alpha value is -2.40. The van der Waals surface area contributed by atoms with E-state index in [1.165, 1.54) is 10.4 Å². The van der Waals surface area contributed by atoms with Crippen molar-refractivity contribution >= 4 is 48.3 Å². The molecule has 2 heterocycles. The standard InChI is InChI=1S/C21H22ClN3O5S2/c1-12-6-13(2)8-16(7-12)32(29,30)20-17-9-14(22)4-5-18(17)24-19(20)21(26)23-15-10-25(11-15)31(3,27)28/h4-9,15,24H,10-11H2,1-3H3,(H,23,26). The summed E-state index contributed by atoms with van der Waals surface area (Å²) in [5.74, 6) is -0.626. The van der Waals surface area contributed by atoms with Crippen LogP contribution in [0.25, 0.3) is 10.9 Å². The number of aryl methyl sites for hydroxylation is 2. The molecule has 0 aliphatic carbocycles. The third-order valence-corrected chi connectivity index (χ3v) is 8.66. The summed E-state index contributed by atoms with van der Waals surface area (Å²) in [5.41, 5.74) is 1.90. The van der Waals surface area contributed by atoms with Gasteiger partial charge in [0.25, 0.3) is 5.91 Å². The lowest BCUT2D eigenvalue weighted by atomic mass is 10.2. The number of sulfonamides is 1. The third kappa shape index (κ3) is 4.15. The van der Waals surface area contributed by atoms with Gasteiger partial charge in [-0.25, -0.2) is 16.8 Å². The number of benzene rings is 2. The number of nitrogens with zero attached hydrogens (tertiary/aromatic N) is 1. The van der Waals surface area contributed by atoms with E-state index in [0.29, 0.717) is 15.9 Å². The van der Waals surface area contributed by atoms with E-state index < -0.39 is 31.8 Å². The van der Waals surface area contributed by atoms with Crippen LogP contribution in [0.15, 0.2) is 46.2 Å². The van der Waals surface area contributed by atoms with Crippen LogP contribution in [-0.4, -0.2) is 57.4 Å². The van der Waals surface area contributed by atoms with Crippen LogP contribution in [0.5, 0.6) is 0 Å². The van der Waals surface area contributed by atoms with Crippen LogP contribution < -0.4 is 5.32 Å². The Labute approximate surface area is 191 Å². The molecule has 3 aromatic rings. The Balaban J connectivity index is 1.79. The first-order valence-corrected chi connectivity index (χ1v) is 13.5. The highest BCUT2D eigenvalue weighted by atomic mass is 35.5. The minimum atomic E-state index is -4.08. The minimum absolute atomic E-state index is 0.0804. The maximum atomic E-state index is 13.7. The predicted octanol–water partition coefficient (Wildman–Crippen LogP) is 2.64. The highest BCUT2D eigenvalue weighted by molar-refractivity contribution is 7.91. The lowest BCUT2D eigenvalue weighted by Crippen LogP contribution is -2.60. The van der Waals surface area contributed by atoms with Gasteiger partial charge in [-0.3, -0.25) is 4.79 Å². The molecule has 0 atom stereocenters. The zero-order chi connectivity index (χ0) is 23.4. The summed E-state index contributed by atoms with van der Waals surface area (Å²) in [6, 6.07) is 9.29. The molecule has 1 aromatic heterocycles. The van der Waals surface area contributed by atoms with Crippen LogP contribution in [0.3, 0.4) is 0 Å². The number of hydrogen-bond donors (Lipinski definition) is 2. The highest BCUT2D eigenvalue weighted by Gasteiger charge is 2.36. The summed E-state index contributed by atoms with van der Waals surface area (Å²) in [7, 11) is -7.41. The second-order valence-electron chi connectivity index (χ2n) is 8.10. The Morgan fingerprint density at radius 2 is 1.69 bits per heavy atom. The zero-order valence-corrected chi connectivity index (χ0v) is 20.0. The SMILES string of the molecule is Cc1cc(C)cc(S(=O)(=O)c2c(C(=O)NC3CN(S(C)(=O)=O)C3)[nH]c3ccc(Cl)cc23)c1. The Morgan fingerprint density at radius 1 is 1.06 bits per heavy atom. The number of amides is 1. The molecular weight excluding hydrogens is 474 g/mol. The van der Waals surface area contributed by atoms with Gasteiger partial charge in [-0.05, 0) is 55.3 Å². The summed E-state index contributed by atoms with van der Waals surface area (Å²) in [6.45, 7) is 3.87. The first-order valence-electron chi connectivity index (χ1n) is 9.77. The Bertz CT molecular complexity index is 1440. The molecule has 0 bridgehead atoms. The molecule has 2 aromatic carbocycles. The summed E-state index contributed by atoms with van der Waals surface area (Å²) in [5, 5.41) is 3.37. The van der Waals surface area contributed by atoms with Crippen molar-refractivity contribution in [2.75, 3.05) is 19.3 Å². The van der Waals surface area contributed by atoms with Crippen molar-refractivity contribution in [3.05, 3.63) is 58.2 Å². The molecule has 8 nitrogen and oxygen atoms in total. The zero-order valence-electron chi connectivity index (χ0n) is 17.6. The number of H-pyrrole nitrogens is 1. The van der Waals surface area contributed by atoms with Gasteiger partial charge in [-0.1, -0.05) is 17.7 Å². The van der Waals surface area contributed by atoms with E-state index in [9.17, 15) is 21.6 Å². The van der Waals surface area contributed by atoms with E-state index >= 15 is 0 Å². The summed E-state index contributed by atoms with van der Waals surface area (Å²) in [6.07, 6.45) is 1.10. The molecule has 1 aliphatic heterocycles. The maximum Gasteiger partial charge on any atom is 0.269 e. The lowest BCUT2D eigenvalue weighted by molar-refractivity contribution is 0.0888. The van der Waals surface area contributed by atoms with E-state index in [4.69, 9.17) is 11.6 Å². The number of nitrogens with one attached hydrogen (secondary N) is 2. The normalized spacial score (nSPS) is 15.6. The number of aromatic amines is 1. The average molecular weight is 496 g/mol. The quantitative estimate of drug-likeness (QED) is 0.564. The summed E-state index contributed by atoms with van der Waals surface area (Å²) >= 11 is 6.13. The van der Waals surface area contributed by atoms with E-state index in [0.717, 1.165) is 17.4 Å². The number of carbonyl (C=O) groups excluding carboxylic acids is 1. The van der Waals surface area contributed by atoms with Gasteiger partial charge in [0.1, 0.15) is 10.6 Å². The van der Waals surface area contributed by atoms with Crippen LogP contribution in [0, 0.1) is 13.8 Å². The molecule has 2 N–H and O–H groups in total. The van der Waals surface area contributed by atoms with Crippen LogP contribution in [0.1, 0.15) is 21.6 Å². The molecule has 11 heteroatoms. The number of carbonyl (C=O) groups is 1. The number of rotatable bonds is 5. The first-order chi connectivity index (χ1) is 14.9. The smallest absolute Gasteiger partial charge is 0.269 e. The van der Waals surface area contributed by atoms with Gasteiger partial charge < -0.3 is 10.3 Å². The molecule has 0 saturated carbocycles. The van der Waals surface area contributed by atoms with E-state index in [-0.39, 0.29) is 28.6 Å². The topological polar surface area (TPSA) is 116 Å². The number of fused-ring (bicyclic) bond motifs is 1. The van der Waals surface area contributed by atoms with E-state index in [1.807, 2.05) is 6.07 Å². The largest absolute Gasteiger partial charge is 0.349 e. The predicted molar refractivity (Wildman–Crippen MR) is 122 cm³/mol. The fourth-order valence-corrected chi connectivity index (χ4v) is 6.70. The second kappa shape index (κ2) is 7.87. The monoisotopic (exact) mass is 495 g/mol. The van der Waals surface area contributed by atoms with Crippen LogP contribution >= 0.6 is 11.6 Å². The number of hydrogen-bond acceptors (Lipinski definition) is 5. The minimum Gasteiger partial charge on any atom is -0.349 e. The third-order valence-electron chi connectivity index (χ3n) is 5.37. The van der Waals surface area contributed by atoms with Crippen molar-refractivity contribution in [3.63, 3.8) is 0 Å². The second-order valence-corrected chi connectivity index (χ2v) is 12.4. The van der Waals surface area contributed by atoms with E-state index in [1.54, 1.807) is 38.1 Å². The molecule has 1 saturated heterocycles. The van der Waals surface area contributed by atoms with E-state index in [2.05, 4.69) is 10.3 Å². The average Bonchev–Trinajstić information content (AvgIpc) is 3.01. The molecule has 0 unspecified atom stereocenters. The van der Waals surface area contributed by atoms with Crippen LogP contribution in [-0.2, 0) is 19.9 Å². The fraction of sp³-hybridized carbons (Fsp3) is 0.286. The molecule has 0 radical (unpaired) electrons. The first kappa shape index (κ1) is 22.8. The van der Waals surface area contributed by atoms with Crippen LogP contribution in [0.2, 0.25) is 5.02 Å². The molecule has 0 spiro atoms. The van der Waals surface area contributed by atoms with Gasteiger partial charge in [0.2, 0.25) is 19.9 Å². The van der Waals surface area contributed by atoms with Gasteiger partial charge in [0.05, 0.1) is 17.2 Å². The van der Waals surface area contributed by atoms with Crippen molar-refractivity contribution in [2.45, 2.75) is 29.7 Å².